The van der Waals surface area contributed by atoms with Crippen molar-refractivity contribution >= 4 is 5.96 Å². The molecule has 0 amide bonds. The van der Waals surface area contributed by atoms with Gasteiger partial charge in [-0.1, -0.05) is 6.42 Å². The lowest BCUT2D eigenvalue weighted by atomic mass is 10.1. The molecule has 1 fully saturated rings. The lowest BCUT2D eigenvalue weighted by Gasteiger charge is -2.33. The molecular weight excluding hydrogens is 316 g/mol. The molecule has 1 aliphatic rings. The molecule has 1 aromatic rings. The van der Waals surface area contributed by atoms with Crippen LogP contribution in [0.4, 0.5) is 0 Å². The predicted molar refractivity (Wildman–Crippen MR) is 102 cm³/mol. The van der Waals surface area contributed by atoms with Gasteiger partial charge in [0, 0.05) is 33.4 Å². The maximum absolute atomic E-state index is 5.70. The quantitative estimate of drug-likeness (QED) is 0.386. The van der Waals surface area contributed by atoms with Crippen LogP contribution in [0.5, 0.6) is 0 Å². The third-order valence-electron chi connectivity index (χ3n) is 4.60. The molecule has 1 aromatic heterocycles. The van der Waals surface area contributed by atoms with Crippen molar-refractivity contribution < 1.29 is 9.15 Å². The van der Waals surface area contributed by atoms with Gasteiger partial charge in [-0.15, -0.1) is 0 Å². The Morgan fingerprint density at radius 3 is 2.80 bits per heavy atom. The first-order valence-electron chi connectivity index (χ1n) is 9.65. The zero-order valence-corrected chi connectivity index (χ0v) is 15.8. The molecule has 0 saturated carbocycles. The van der Waals surface area contributed by atoms with Crippen molar-refractivity contribution in [3.05, 3.63) is 24.2 Å². The molecule has 142 valence electrons. The van der Waals surface area contributed by atoms with E-state index in [1.807, 2.05) is 20.0 Å². The first kappa shape index (κ1) is 19.8. The topological polar surface area (TPSA) is 62.0 Å². The van der Waals surface area contributed by atoms with Gasteiger partial charge in [-0.3, -0.25) is 9.89 Å². The van der Waals surface area contributed by atoms with Crippen molar-refractivity contribution in [1.82, 2.24) is 15.5 Å². The van der Waals surface area contributed by atoms with Gasteiger partial charge in [0.05, 0.1) is 12.3 Å². The molecule has 1 atom stereocenters. The lowest BCUT2D eigenvalue weighted by molar-refractivity contribution is 0.143. The Morgan fingerprint density at radius 1 is 1.28 bits per heavy atom. The number of likely N-dealkylation sites (tertiary alicyclic amines) is 1. The molecule has 0 radical (unpaired) electrons. The monoisotopic (exact) mass is 350 g/mol. The summed E-state index contributed by atoms with van der Waals surface area (Å²) in [5.74, 6) is 1.88. The second kappa shape index (κ2) is 11.9. The summed E-state index contributed by atoms with van der Waals surface area (Å²) < 4.78 is 11.1. The maximum Gasteiger partial charge on any atom is 0.191 e. The van der Waals surface area contributed by atoms with Crippen molar-refractivity contribution in [2.45, 2.75) is 45.1 Å². The molecular formula is C19H34N4O2. The number of nitrogens with zero attached hydrogens (tertiary/aromatic N) is 2. The van der Waals surface area contributed by atoms with Gasteiger partial charge in [-0.25, -0.2) is 0 Å². The fraction of sp³-hybridized carbons (Fsp3) is 0.737. The molecule has 0 aromatic carbocycles. The summed E-state index contributed by atoms with van der Waals surface area (Å²) in [6.07, 6.45) is 7.78. The van der Waals surface area contributed by atoms with E-state index in [9.17, 15) is 0 Å². The van der Waals surface area contributed by atoms with Crippen LogP contribution in [0.1, 0.15) is 50.8 Å². The fourth-order valence-corrected chi connectivity index (χ4v) is 3.21. The standard InChI is InChI=1S/C19H34N4O2/c1-3-24-14-8-5-11-21-19(20-2)22-16-17(18-10-9-15-25-18)23-12-6-4-7-13-23/h9-10,15,17H,3-8,11-14,16H2,1-2H3,(H2,20,21,22). The zero-order chi connectivity index (χ0) is 17.7. The molecule has 2 N–H and O–H groups in total. The van der Waals surface area contributed by atoms with Gasteiger partial charge in [-0.05, 0) is 57.8 Å². The molecule has 6 heteroatoms. The first-order chi connectivity index (χ1) is 12.3. The van der Waals surface area contributed by atoms with Crippen LogP contribution < -0.4 is 10.6 Å². The minimum Gasteiger partial charge on any atom is -0.468 e. The minimum atomic E-state index is 0.256. The summed E-state index contributed by atoms with van der Waals surface area (Å²) >= 11 is 0. The van der Waals surface area contributed by atoms with Crippen LogP contribution >= 0.6 is 0 Å². The van der Waals surface area contributed by atoms with E-state index in [-0.39, 0.29) is 6.04 Å². The highest BCUT2D eigenvalue weighted by molar-refractivity contribution is 5.79. The van der Waals surface area contributed by atoms with Gasteiger partial charge < -0.3 is 19.8 Å². The molecule has 0 aliphatic carbocycles. The Balaban J connectivity index is 1.77. The van der Waals surface area contributed by atoms with Crippen LogP contribution in [0.25, 0.3) is 0 Å². The molecule has 0 bridgehead atoms. The highest BCUT2D eigenvalue weighted by Crippen LogP contribution is 2.24. The summed E-state index contributed by atoms with van der Waals surface area (Å²) in [7, 11) is 1.82. The minimum absolute atomic E-state index is 0.256. The highest BCUT2D eigenvalue weighted by Gasteiger charge is 2.24. The van der Waals surface area contributed by atoms with Gasteiger partial charge in [0.2, 0.25) is 0 Å². The Hall–Kier alpha value is -1.53. The normalized spacial score (nSPS) is 17.4. The predicted octanol–water partition coefficient (Wildman–Crippen LogP) is 2.79. The summed E-state index contributed by atoms with van der Waals surface area (Å²) in [5.41, 5.74) is 0. The van der Waals surface area contributed by atoms with Crippen molar-refractivity contribution in [3.63, 3.8) is 0 Å². The van der Waals surface area contributed by atoms with Crippen LogP contribution in [0.3, 0.4) is 0 Å². The van der Waals surface area contributed by atoms with Crippen LogP contribution in [0.2, 0.25) is 0 Å². The Bertz CT molecular complexity index is 470. The maximum atomic E-state index is 5.70. The number of hydrogen-bond acceptors (Lipinski definition) is 4. The summed E-state index contributed by atoms with van der Waals surface area (Å²) in [6, 6.07) is 4.30. The van der Waals surface area contributed by atoms with Crippen molar-refractivity contribution in [3.8, 4) is 0 Å². The third-order valence-corrected chi connectivity index (χ3v) is 4.60. The molecule has 2 rings (SSSR count). The highest BCUT2D eigenvalue weighted by atomic mass is 16.5. The van der Waals surface area contributed by atoms with E-state index < -0.39 is 0 Å². The number of piperidine rings is 1. The first-order valence-corrected chi connectivity index (χ1v) is 9.65. The average molecular weight is 351 g/mol. The number of guanidine groups is 1. The molecule has 0 spiro atoms. The van der Waals surface area contributed by atoms with E-state index in [1.165, 1.54) is 19.3 Å². The van der Waals surface area contributed by atoms with E-state index >= 15 is 0 Å². The zero-order valence-electron chi connectivity index (χ0n) is 15.8. The number of unbranched alkanes of at least 4 members (excludes halogenated alkanes) is 1. The number of ether oxygens (including phenoxy) is 1. The van der Waals surface area contributed by atoms with Crippen molar-refractivity contribution in [1.29, 1.82) is 0 Å². The van der Waals surface area contributed by atoms with Crippen molar-refractivity contribution in [2.24, 2.45) is 4.99 Å². The van der Waals surface area contributed by atoms with Gasteiger partial charge in [0.25, 0.3) is 0 Å². The summed E-state index contributed by atoms with van der Waals surface area (Å²) in [4.78, 5) is 6.85. The van der Waals surface area contributed by atoms with Gasteiger partial charge >= 0.3 is 0 Å². The molecule has 2 heterocycles. The number of furan rings is 1. The lowest BCUT2D eigenvalue weighted by Crippen LogP contribution is -2.44. The van der Waals surface area contributed by atoms with Crippen LogP contribution in [-0.2, 0) is 4.74 Å². The van der Waals surface area contributed by atoms with E-state index in [0.717, 1.165) is 64.0 Å². The van der Waals surface area contributed by atoms with E-state index in [4.69, 9.17) is 9.15 Å². The number of hydrogen-bond donors (Lipinski definition) is 2. The van der Waals surface area contributed by atoms with Crippen molar-refractivity contribution in [2.75, 3.05) is 46.4 Å². The SMILES string of the molecule is CCOCCCCNC(=NC)NCC(c1ccco1)N1CCCCC1. The number of aliphatic imine (C=N–C) groups is 1. The van der Waals surface area contributed by atoms with E-state index in [2.05, 4.69) is 26.6 Å². The molecule has 1 saturated heterocycles. The number of rotatable bonds is 10. The molecule has 25 heavy (non-hydrogen) atoms. The third kappa shape index (κ3) is 7.08. The molecule has 1 aliphatic heterocycles. The van der Waals surface area contributed by atoms with E-state index in [1.54, 1.807) is 6.26 Å². The second-order valence-electron chi connectivity index (χ2n) is 6.41. The number of nitrogens with one attached hydrogen (secondary N) is 2. The molecule has 6 nitrogen and oxygen atoms in total. The Labute approximate surface area is 152 Å². The largest absolute Gasteiger partial charge is 0.468 e. The Kier molecular flexibility index (Phi) is 9.44. The fourth-order valence-electron chi connectivity index (χ4n) is 3.21. The van der Waals surface area contributed by atoms with Crippen LogP contribution in [-0.4, -0.2) is 57.3 Å². The summed E-state index contributed by atoms with van der Waals surface area (Å²) in [6.45, 7) is 7.63. The van der Waals surface area contributed by atoms with Crippen LogP contribution in [0, 0.1) is 0 Å². The summed E-state index contributed by atoms with van der Waals surface area (Å²) in [5, 5.41) is 6.85. The van der Waals surface area contributed by atoms with Gasteiger partial charge in [0.15, 0.2) is 5.96 Å². The van der Waals surface area contributed by atoms with Gasteiger partial charge in [-0.2, -0.15) is 0 Å². The second-order valence-corrected chi connectivity index (χ2v) is 6.41. The smallest absolute Gasteiger partial charge is 0.191 e. The molecule has 1 unspecified atom stereocenters. The Morgan fingerprint density at radius 2 is 2.12 bits per heavy atom. The average Bonchev–Trinajstić information content (AvgIpc) is 3.18. The van der Waals surface area contributed by atoms with Crippen LogP contribution in [0.15, 0.2) is 27.8 Å². The van der Waals surface area contributed by atoms with E-state index in [0.29, 0.717) is 0 Å². The van der Waals surface area contributed by atoms with Gasteiger partial charge in [0.1, 0.15) is 5.76 Å².